The highest BCUT2D eigenvalue weighted by molar-refractivity contribution is 6.30. The third-order valence-corrected chi connectivity index (χ3v) is 2.40. The van der Waals surface area contributed by atoms with Gasteiger partial charge in [0.2, 0.25) is 5.95 Å². The molecular formula is C12H12ClN5O. The summed E-state index contributed by atoms with van der Waals surface area (Å²) in [7, 11) is 0. The Morgan fingerprint density at radius 3 is 2.74 bits per heavy atom. The van der Waals surface area contributed by atoms with Crippen molar-refractivity contribution in [2.75, 3.05) is 17.2 Å². The van der Waals surface area contributed by atoms with E-state index in [2.05, 4.69) is 25.6 Å². The molecule has 7 heteroatoms. The van der Waals surface area contributed by atoms with Crippen molar-refractivity contribution in [1.82, 2.24) is 15.0 Å². The van der Waals surface area contributed by atoms with Crippen LogP contribution in [-0.2, 0) is 0 Å². The molecule has 1 amide bonds. The van der Waals surface area contributed by atoms with Crippen LogP contribution in [0.25, 0.3) is 0 Å². The quantitative estimate of drug-likeness (QED) is 0.838. The molecule has 0 unspecified atom stereocenters. The summed E-state index contributed by atoms with van der Waals surface area (Å²) in [6.45, 7) is 2.62. The molecule has 0 aromatic carbocycles. The largest absolute Gasteiger partial charge is 0.370 e. The number of nitrogens with zero attached hydrogens (tertiary/aromatic N) is 3. The smallest absolute Gasteiger partial charge is 0.258 e. The van der Waals surface area contributed by atoms with Crippen molar-refractivity contribution in [3.05, 3.63) is 41.3 Å². The molecule has 0 saturated carbocycles. The summed E-state index contributed by atoms with van der Waals surface area (Å²) in [5, 5.41) is 5.83. The van der Waals surface area contributed by atoms with Crippen LogP contribution in [0.1, 0.15) is 17.3 Å². The van der Waals surface area contributed by atoms with Gasteiger partial charge in [-0.25, -0.2) is 15.0 Å². The van der Waals surface area contributed by atoms with Crippen LogP contribution in [0.2, 0.25) is 5.15 Å². The van der Waals surface area contributed by atoms with E-state index in [1.807, 2.05) is 6.92 Å². The predicted molar refractivity (Wildman–Crippen MR) is 73.4 cm³/mol. The monoisotopic (exact) mass is 277 g/mol. The first-order chi connectivity index (χ1) is 9.19. The second-order valence-corrected chi connectivity index (χ2v) is 4.01. The Hall–Kier alpha value is -2.21. The molecule has 0 spiro atoms. The van der Waals surface area contributed by atoms with Gasteiger partial charge in [-0.2, -0.15) is 0 Å². The third-order valence-electron chi connectivity index (χ3n) is 2.21. The zero-order valence-electron chi connectivity index (χ0n) is 10.2. The number of pyridine rings is 1. The molecule has 0 aliphatic heterocycles. The molecule has 0 aliphatic carbocycles. The van der Waals surface area contributed by atoms with E-state index < -0.39 is 0 Å². The molecule has 19 heavy (non-hydrogen) atoms. The lowest BCUT2D eigenvalue weighted by atomic mass is 10.2. The van der Waals surface area contributed by atoms with E-state index in [1.54, 1.807) is 24.5 Å². The van der Waals surface area contributed by atoms with Gasteiger partial charge >= 0.3 is 0 Å². The van der Waals surface area contributed by atoms with Crippen LogP contribution in [0, 0.1) is 0 Å². The summed E-state index contributed by atoms with van der Waals surface area (Å²) in [6.07, 6.45) is 3.10. The molecule has 0 aliphatic rings. The van der Waals surface area contributed by atoms with Crippen LogP contribution in [0.5, 0.6) is 0 Å². The number of amides is 1. The number of anilines is 2. The number of aromatic nitrogens is 3. The van der Waals surface area contributed by atoms with Gasteiger partial charge in [-0.05, 0) is 25.1 Å². The topological polar surface area (TPSA) is 79.8 Å². The minimum Gasteiger partial charge on any atom is -0.370 e. The van der Waals surface area contributed by atoms with Crippen LogP contribution in [-0.4, -0.2) is 27.4 Å². The molecule has 0 fully saturated rings. The first-order valence-electron chi connectivity index (χ1n) is 5.69. The number of nitrogens with one attached hydrogen (secondary N) is 2. The highest BCUT2D eigenvalue weighted by atomic mass is 35.5. The molecule has 2 aromatic heterocycles. The molecule has 0 saturated heterocycles. The number of hydrogen-bond acceptors (Lipinski definition) is 5. The van der Waals surface area contributed by atoms with Crippen LogP contribution < -0.4 is 10.6 Å². The Bertz CT molecular complexity index is 576. The second-order valence-electron chi connectivity index (χ2n) is 3.62. The van der Waals surface area contributed by atoms with E-state index >= 15 is 0 Å². The van der Waals surface area contributed by atoms with Gasteiger partial charge in [0.1, 0.15) is 11.0 Å². The Balaban J connectivity index is 2.19. The fourth-order valence-corrected chi connectivity index (χ4v) is 1.65. The Morgan fingerprint density at radius 2 is 2.05 bits per heavy atom. The van der Waals surface area contributed by atoms with Crippen LogP contribution in [0.4, 0.5) is 11.8 Å². The second kappa shape index (κ2) is 6.10. The normalized spacial score (nSPS) is 10.0. The summed E-state index contributed by atoms with van der Waals surface area (Å²) in [5.41, 5.74) is 0.392. The van der Waals surface area contributed by atoms with E-state index in [4.69, 9.17) is 11.6 Å². The third kappa shape index (κ3) is 3.62. The highest BCUT2D eigenvalue weighted by Gasteiger charge is 2.10. The Morgan fingerprint density at radius 1 is 1.32 bits per heavy atom. The summed E-state index contributed by atoms with van der Waals surface area (Å²) in [6, 6.07) is 4.77. The van der Waals surface area contributed by atoms with E-state index in [-0.39, 0.29) is 17.0 Å². The van der Waals surface area contributed by atoms with E-state index in [9.17, 15) is 4.79 Å². The summed E-state index contributed by atoms with van der Waals surface area (Å²) in [4.78, 5) is 23.9. The number of halogens is 1. The minimum atomic E-state index is -0.338. The number of rotatable bonds is 4. The highest BCUT2D eigenvalue weighted by Crippen LogP contribution is 2.15. The van der Waals surface area contributed by atoms with Crippen molar-refractivity contribution in [3.63, 3.8) is 0 Å². The van der Waals surface area contributed by atoms with E-state index in [0.717, 1.165) is 0 Å². The van der Waals surface area contributed by atoms with Crippen LogP contribution in [0.15, 0.2) is 30.6 Å². The van der Waals surface area contributed by atoms with Crippen molar-refractivity contribution in [2.45, 2.75) is 6.92 Å². The molecule has 2 aromatic rings. The molecule has 0 radical (unpaired) electrons. The number of hydrogen-bond donors (Lipinski definition) is 2. The van der Waals surface area contributed by atoms with Gasteiger partial charge in [0.15, 0.2) is 0 Å². The van der Waals surface area contributed by atoms with E-state index in [0.29, 0.717) is 17.9 Å². The molecule has 98 valence electrons. The summed E-state index contributed by atoms with van der Waals surface area (Å²) in [5.74, 6) is 0.453. The molecular weight excluding hydrogens is 266 g/mol. The first-order valence-corrected chi connectivity index (χ1v) is 6.06. The van der Waals surface area contributed by atoms with Crippen molar-refractivity contribution < 1.29 is 4.79 Å². The molecule has 6 nitrogen and oxygen atoms in total. The van der Waals surface area contributed by atoms with Gasteiger partial charge in [0.25, 0.3) is 5.91 Å². The standard InChI is InChI=1S/C12H12ClN5O/c1-2-14-10-7-8(6-9(13)17-10)11(19)18-12-15-4-3-5-16-12/h3-7H,2H2,1H3,(H,14,17)(H,15,16,18,19). The van der Waals surface area contributed by atoms with Gasteiger partial charge in [-0.1, -0.05) is 11.6 Å². The average molecular weight is 278 g/mol. The van der Waals surface area contributed by atoms with Gasteiger partial charge in [0, 0.05) is 24.5 Å². The van der Waals surface area contributed by atoms with Crippen molar-refractivity contribution in [1.29, 1.82) is 0 Å². The zero-order valence-corrected chi connectivity index (χ0v) is 11.0. The van der Waals surface area contributed by atoms with Gasteiger partial charge in [-0.3, -0.25) is 10.1 Å². The maximum Gasteiger partial charge on any atom is 0.258 e. The summed E-state index contributed by atoms with van der Waals surface area (Å²) < 4.78 is 0. The van der Waals surface area contributed by atoms with Crippen LogP contribution in [0.3, 0.4) is 0 Å². The molecule has 0 bridgehead atoms. The minimum absolute atomic E-state index is 0.241. The number of carbonyl (C=O) groups excluding carboxylic acids is 1. The lowest BCUT2D eigenvalue weighted by molar-refractivity contribution is 0.102. The average Bonchev–Trinajstić information content (AvgIpc) is 2.39. The lowest BCUT2D eigenvalue weighted by Crippen LogP contribution is -2.14. The fraction of sp³-hybridized carbons (Fsp3) is 0.167. The molecule has 2 heterocycles. The van der Waals surface area contributed by atoms with Crippen LogP contribution >= 0.6 is 11.6 Å². The predicted octanol–water partition coefficient (Wildman–Crippen LogP) is 2.21. The Labute approximate surface area is 115 Å². The van der Waals surface area contributed by atoms with Crippen molar-refractivity contribution in [3.8, 4) is 0 Å². The zero-order chi connectivity index (χ0) is 13.7. The van der Waals surface area contributed by atoms with Crippen molar-refractivity contribution in [2.24, 2.45) is 0 Å². The van der Waals surface area contributed by atoms with Crippen molar-refractivity contribution >= 4 is 29.3 Å². The van der Waals surface area contributed by atoms with E-state index in [1.165, 1.54) is 6.07 Å². The van der Waals surface area contributed by atoms with Gasteiger partial charge in [-0.15, -0.1) is 0 Å². The molecule has 2 N–H and O–H groups in total. The van der Waals surface area contributed by atoms with Gasteiger partial charge in [0.05, 0.1) is 0 Å². The SMILES string of the molecule is CCNc1cc(C(=O)Nc2ncccn2)cc(Cl)n1. The maximum atomic E-state index is 12.0. The van der Waals surface area contributed by atoms with Gasteiger partial charge < -0.3 is 5.32 Å². The lowest BCUT2D eigenvalue weighted by Gasteiger charge is -2.07. The molecule has 2 rings (SSSR count). The maximum absolute atomic E-state index is 12.0. The molecule has 0 atom stereocenters. The Kier molecular flexibility index (Phi) is 4.25. The fourth-order valence-electron chi connectivity index (χ4n) is 1.44. The first kappa shape index (κ1) is 13.2. The number of carbonyl (C=O) groups is 1. The summed E-state index contributed by atoms with van der Waals surface area (Å²) >= 11 is 5.87.